The van der Waals surface area contributed by atoms with Gasteiger partial charge in [0.15, 0.2) is 5.69 Å². The normalized spacial score (nSPS) is 14.0. The van der Waals surface area contributed by atoms with Crippen molar-refractivity contribution in [2.45, 2.75) is 51.0 Å². The second kappa shape index (κ2) is 13.0. The van der Waals surface area contributed by atoms with Gasteiger partial charge >= 0.3 is 6.18 Å². The van der Waals surface area contributed by atoms with Crippen LogP contribution in [0.5, 0.6) is 0 Å². The molecule has 53 heavy (non-hydrogen) atoms. The van der Waals surface area contributed by atoms with Gasteiger partial charge in [0.2, 0.25) is 5.91 Å². The summed E-state index contributed by atoms with van der Waals surface area (Å²) in [5.74, 6) is -2.12. The molecule has 1 aliphatic heterocycles. The SMILES string of the molecule is Cn1cc(C[C@H](C(=O)NC(C)(C)Cn2nc(C(F)(F)F)cc2-c2cn[nH]n2)N2CCc3c(-c4cc5cnn(C)c5cc4C#N)ccc(F)c3C2=O)cn1.[HH].[HH]. The fourth-order valence-electron chi connectivity index (χ4n) is 6.84. The number of alkyl halides is 3. The van der Waals surface area contributed by atoms with Gasteiger partial charge in [-0.15, -0.1) is 0 Å². The smallest absolute Gasteiger partial charge is 0.348 e. The number of H-pyrrole nitrogens is 1. The lowest BCUT2D eigenvalue weighted by Gasteiger charge is -2.37. The average molecular weight is 733 g/mol. The predicted octanol–water partition coefficient (Wildman–Crippen LogP) is 4.68. The van der Waals surface area contributed by atoms with E-state index in [1.54, 1.807) is 74.1 Å². The van der Waals surface area contributed by atoms with Crippen molar-refractivity contribution < 1.29 is 30.0 Å². The number of nitrogens with zero attached hydrogens (tertiary/aromatic N) is 10. The number of aromatic amines is 1. The Balaban J connectivity index is 0.00000290. The van der Waals surface area contributed by atoms with Crippen LogP contribution in [-0.2, 0) is 44.5 Å². The summed E-state index contributed by atoms with van der Waals surface area (Å²) < 4.78 is 61.1. The van der Waals surface area contributed by atoms with Crippen molar-refractivity contribution in [2.75, 3.05) is 6.54 Å². The van der Waals surface area contributed by atoms with E-state index in [2.05, 4.69) is 42.1 Å². The third kappa shape index (κ3) is 6.61. The zero-order valence-electron chi connectivity index (χ0n) is 28.9. The van der Waals surface area contributed by atoms with Crippen molar-refractivity contribution >= 4 is 22.7 Å². The Morgan fingerprint density at radius 3 is 2.58 bits per heavy atom. The number of carbonyl (C=O) groups excluding carboxylic acids is 2. The zero-order valence-corrected chi connectivity index (χ0v) is 28.9. The second-order valence-electron chi connectivity index (χ2n) is 13.6. The summed E-state index contributed by atoms with van der Waals surface area (Å²) in [4.78, 5) is 29.9. The number of benzene rings is 2. The van der Waals surface area contributed by atoms with Crippen molar-refractivity contribution in [3.8, 4) is 28.6 Å². The third-order valence-corrected chi connectivity index (χ3v) is 9.26. The van der Waals surface area contributed by atoms with Crippen molar-refractivity contribution in [3.63, 3.8) is 0 Å². The van der Waals surface area contributed by atoms with Crippen LogP contribution in [0.15, 0.2) is 55.1 Å². The van der Waals surface area contributed by atoms with Crippen LogP contribution in [0.2, 0.25) is 0 Å². The Labute approximate surface area is 302 Å². The van der Waals surface area contributed by atoms with Gasteiger partial charge in [-0.05, 0) is 61.2 Å². The van der Waals surface area contributed by atoms with E-state index in [-0.39, 0.29) is 45.7 Å². The molecule has 5 heterocycles. The van der Waals surface area contributed by atoms with Crippen molar-refractivity contribution in [1.29, 1.82) is 5.26 Å². The Morgan fingerprint density at radius 2 is 1.91 bits per heavy atom. The number of hydrogen-bond acceptors (Lipinski definition) is 8. The van der Waals surface area contributed by atoms with Crippen molar-refractivity contribution in [2.24, 2.45) is 14.1 Å². The molecule has 276 valence electrons. The number of halogens is 4. The van der Waals surface area contributed by atoms with Crippen LogP contribution in [0.4, 0.5) is 17.6 Å². The summed E-state index contributed by atoms with van der Waals surface area (Å²) in [7, 11) is 3.46. The largest absolute Gasteiger partial charge is 0.435 e. The minimum absolute atomic E-state index is 0. The molecule has 6 aromatic rings. The van der Waals surface area contributed by atoms with E-state index in [4.69, 9.17) is 0 Å². The first-order chi connectivity index (χ1) is 25.1. The van der Waals surface area contributed by atoms with E-state index in [0.29, 0.717) is 27.8 Å². The fourth-order valence-corrected chi connectivity index (χ4v) is 6.84. The van der Waals surface area contributed by atoms with Gasteiger partial charge in [0.05, 0.1) is 59.1 Å². The number of aromatic nitrogens is 9. The lowest BCUT2D eigenvalue weighted by molar-refractivity contribution is -0.141. The molecule has 1 atom stereocenters. The van der Waals surface area contributed by atoms with E-state index >= 15 is 4.39 Å². The van der Waals surface area contributed by atoms with Gasteiger partial charge in [0.1, 0.15) is 17.6 Å². The van der Waals surface area contributed by atoms with Crippen molar-refractivity contribution in [1.82, 2.24) is 55.0 Å². The Hall–Kier alpha value is -6.38. The molecule has 0 unspecified atom stereocenters. The monoisotopic (exact) mass is 732 g/mol. The molecule has 0 spiro atoms. The number of hydrogen-bond donors (Lipinski definition) is 2. The molecule has 0 saturated carbocycles. The van der Waals surface area contributed by atoms with Gasteiger partial charge in [-0.25, -0.2) is 4.39 Å². The van der Waals surface area contributed by atoms with Crippen LogP contribution >= 0.6 is 0 Å². The van der Waals surface area contributed by atoms with E-state index in [1.165, 1.54) is 17.2 Å². The standard InChI is InChI=1S/C35H32F4N12O2.2H2/c1-34(2,18-51-28(26-16-41-47-45-26)12-30(46-51)35(37,38)39)44-32(52)29(9-19-14-42-48(3)17-19)50-8-7-23-22(5-6-25(36)31(23)33(50)53)24-10-21-15-43-49(4)27(21)11-20(24)13-40;;/h5-6,10-12,14-17,29H,7-9,18H2,1-4H3,(H,44,52)(H,41,45,47);2*1H/t29-;;/m1../s1. The molecule has 7 rings (SSSR count). The molecule has 0 radical (unpaired) electrons. The molecule has 2 aromatic carbocycles. The molecular weight excluding hydrogens is 696 g/mol. The van der Waals surface area contributed by atoms with E-state index < -0.39 is 41.1 Å². The summed E-state index contributed by atoms with van der Waals surface area (Å²) in [5.41, 5.74) is 0.705. The molecule has 0 saturated heterocycles. The number of aryl methyl sites for hydroxylation is 2. The second-order valence-corrected chi connectivity index (χ2v) is 13.6. The van der Waals surface area contributed by atoms with Crippen LogP contribution in [0.3, 0.4) is 0 Å². The van der Waals surface area contributed by atoms with Gasteiger partial charge in [0.25, 0.3) is 5.91 Å². The minimum Gasteiger partial charge on any atom is -0.348 e. The number of fused-ring (bicyclic) bond motifs is 2. The van der Waals surface area contributed by atoms with Crippen molar-refractivity contribution in [3.05, 3.63) is 88.9 Å². The Kier molecular flexibility index (Phi) is 8.59. The minimum atomic E-state index is -4.74. The first-order valence-electron chi connectivity index (χ1n) is 16.4. The third-order valence-electron chi connectivity index (χ3n) is 9.26. The lowest BCUT2D eigenvalue weighted by Crippen LogP contribution is -2.58. The summed E-state index contributed by atoms with van der Waals surface area (Å²) in [5, 5.41) is 35.9. The van der Waals surface area contributed by atoms with Crippen LogP contribution < -0.4 is 5.32 Å². The summed E-state index contributed by atoms with van der Waals surface area (Å²) in [6.07, 6.45) is 1.59. The molecule has 0 fully saturated rings. The van der Waals surface area contributed by atoms with Crippen LogP contribution in [-0.4, -0.2) is 79.6 Å². The molecule has 4 aromatic heterocycles. The Bertz CT molecular complexity index is 2430. The summed E-state index contributed by atoms with van der Waals surface area (Å²) in [6.45, 7) is 3.04. The van der Waals surface area contributed by atoms with E-state index in [1.807, 2.05) is 0 Å². The summed E-state index contributed by atoms with van der Waals surface area (Å²) >= 11 is 0. The predicted molar refractivity (Wildman–Crippen MR) is 185 cm³/mol. The molecule has 1 aliphatic rings. The first-order valence-corrected chi connectivity index (χ1v) is 16.4. The molecule has 0 aliphatic carbocycles. The topological polar surface area (TPSA) is 168 Å². The molecular formula is C35H36F4N12O2. The molecule has 14 nitrogen and oxygen atoms in total. The van der Waals surface area contributed by atoms with Gasteiger partial charge in [-0.3, -0.25) is 23.6 Å². The van der Waals surface area contributed by atoms with Gasteiger partial charge < -0.3 is 10.2 Å². The highest BCUT2D eigenvalue weighted by atomic mass is 19.4. The van der Waals surface area contributed by atoms with Gasteiger partial charge in [0, 0.05) is 47.1 Å². The average Bonchev–Trinajstić information content (AvgIpc) is 3.91. The van der Waals surface area contributed by atoms with Crippen LogP contribution in [0, 0.1) is 17.1 Å². The van der Waals surface area contributed by atoms with Gasteiger partial charge in [-0.1, -0.05) is 6.07 Å². The van der Waals surface area contributed by atoms with E-state index in [0.717, 1.165) is 21.7 Å². The maximum absolute atomic E-state index is 15.7. The maximum Gasteiger partial charge on any atom is 0.435 e. The Morgan fingerprint density at radius 1 is 1.11 bits per heavy atom. The van der Waals surface area contributed by atoms with Gasteiger partial charge in [-0.2, -0.15) is 49.1 Å². The fraction of sp³-hybridized carbons (Fsp3) is 0.314. The van der Waals surface area contributed by atoms with E-state index in [9.17, 15) is 28.0 Å². The zero-order chi connectivity index (χ0) is 37.8. The highest BCUT2D eigenvalue weighted by Gasteiger charge is 2.40. The number of rotatable bonds is 9. The first kappa shape index (κ1) is 35.0. The quantitative estimate of drug-likeness (QED) is 0.202. The lowest BCUT2D eigenvalue weighted by atomic mass is 9.87. The molecule has 18 heteroatoms. The van der Waals surface area contributed by atoms with Crippen LogP contribution in [0.1, 0.15) is 49.4 Å². The number of carbonyl (C=O) groups is 2. The number of nitrogens with one attached hydrogen (secondary N) is 2. The highest BCUT2D eigenvalue weighted by Crippen LogP contribution is 2.37. The molecule has 2 amide bonds. The highest BCUT2D eigenvalue weighted by molar-refractivity contribution is 6.02. The van der Waals surface area contributed by atoms with Crippen LogP contribution in [0.25, 0.3) is 33.4 Å². The molecule has 2 N–H and O–H groups in total. The molecule has 0 bridgehead atoms. The number of amides is 2. The maximum atomic E-state index is 15.7. The number of nitriles is 1. The summed E-state index contributed by atoms with van der Waals surface area (Å²) in [6, 6.07) is 8.10.